The first kappa shape index (κ1) is 23.6. The van der Waals surface area contributed by atoms with Gasteiger partial charge in [-0.25, -0.2) is 0 Å². The van der Waals surface area contributed by atoms with Gasteiger partial charge in [0.15, 0.2) is 6.61 Å². The largest absolute Gasteiger partial charge is 0.456 e. The quantitative estimate of drug-likeness (QED) is 0.505. The molecule has 2 N–H and O–H groups in total. The molecule has 2 rings (SSSR count). The second kappa shape index (κ2) is 11.5. The molecule has 2 aromatic rings. The molecule has 0 aliphatic rings. The van der Waals surface area contributed by atoms with Crippen LogP contribution in [-0.4, -0.2) is 24.4 Å². The summed E-state index contributed by atoms with van der Waals surface area (Å²) in [6.07, 6.45) is 1.39. The van der Waals surface area contributed by atoms with Crippen LogP contribution in [0.1, 0.15) is 42.9 Å². The van der Waals surface area contributed by atoms with Gasteiger partial charge in [0.1, 0.15) is 0 Å². The molecular formula is C23H27BrN2O4. The molecule has 30 heavy (non-hydrogen) atoms. The molecule has 0 aliphatic heterocycles. The predicted octanol–water partition coefficient (Wildman–Crippen LogP) is 4.92. The third-order valence-corrected chi connectivity index (χ3v) is 5.03. The lowest BCUT2D eigenvalue weighted by Crippen LogP contribution is -2.21. The summed E-state index contributed by atoms with van der Waals surface area (Å²) in [6.45, 7) is 5.52. The van der Waals surface area contributed by atoms with E-state index in [0.29, 0.717) is 12.1 Å². The Morgan fingerprint density at radius 2 is 1.67 bits per heavy atom. The first-order chi connectivity index (χ1) is 14.3. The van der Waals surface area contributed by atoms with Crippen molar-refractivity contribution in [1.82, 2.24) is 0 Å². The summed E-state index contributed by atoms with van der Waals surface area (Å²) >= 11 is 3.40. The van der Waals surface area contributed by atoms with Gasteiger partial charge in [0.25, 0.3) is 5.91 Å². The van der Waals surface area contributed by atoms with Crippen molar-refractivity contribution < 1.29 is 19.1 Å². The number of benzene rings is 2. The number of carbonyl (C=O) groups is 3. The van der Waals surface area contributed by atoms with E-state index in [1.165, 1.54) is 0 Å². The maximum Gasteiger partial charge on any atom is 0.306 e. The summed E-state index contributed by atoms with van der Waals surface area (Å²) in [5.41, 5.74) is 4.51. The van der Waals surface area contributed by atoms with Crippen LogP contribution >= 0.6 is 15.9 Å². The van der Waals surface area contributed by atoms with E-state index in [1.807, 2.05) is 51.1 Å². The number of amides is 2. The Morgan fingerprint density at radius 3 is 2.40 bits per heavy atom. The number of hydrogen-bond acceptors (Lipinski definition) is 4. The van der Waals surface area contributed by atoms with Crippen LogP contribution < -0.4 is 10.6 Å². The molecule has 0 bridgehead atoms. The molecule has 0 aliphatic carbocycles. The van der Waals surface area contributed by atoms with Crippen LogP contribution in [0.3, 0.4) is 0 Å². The van der Waals surface area contributed by atoms with E-state index in [2.05, 4.69) is 26.6 Å². The Hall–Kier alpha value is -2.67. The summed E-state index contributed by atoms with van der Waals surface area (Å²) in [5.74, 6) is -1.05. The number of rotatable bonds is 9. The van der Waals surface area contributed by atoms with Crippen molar-refractivity contribution in [2.45, 2.75) is 46.5 Å². The van der Waals surface area contributed by atoms with E-state index in [0.717, 1.165) is 33.3 Å². The Morgan fingerprint density at radius 1 is 0.933 bits per heavy atom. The molecule has 2 aromatic carbocycles. The SMILES string of the molecule is CCc1cc(Br)ccc1NC(=O)COC(=O)CCCC(=O)Nc1cc(C)ccc1C. The molecule has 0 spiro atoms. The fourth-order valence-corrected chi connectivity index (χ4v) is 3.27. The van der Waals surface area contributed by atoms with Crippen molar-refractivity contribution in [2.75, 3.05) is 17.2 Å². The predicted molar refractivity (Wildman–Crippen MR) is 122 cm³/mol. The third-order valence-electron chi connectivity index (χ3n) is 4.54. The van der Waals surface area contributed by atoms with Crippen LogP contribution in [0.25, 0.3) is 0 Å². The van der Waals surface area contributed by atoms with E-state index < -0.39 is 11.9 Å². The average molecular weight is 475 g/mol. The highest BCUT2D eigenvalue weighted by Gasteiger charge is 2.11. The smallest absolute Gasteiger partial charge is 0.306 e. The fraction of sp³-hybridized carbons (Fsp3) is 0.348. The van der Waals surface area contributed by atoms with Gasteiger partial charge in [-0.3, -0.25) is 14.4 Å². The molecule has 0 atom stereocenters. The maximum absolute atomic E-state index is 12.1. The Bertz CT molecular complexity index is 927. The minimum Gasteiger partial charge on any atom is -0.456 e. The minimum absolute atomic E-state index is 0.0754. The van der Waals surface area contributed by atoms with Crippen molar-refractivity contribution in [1.29, 1.82) is 0 Å². The summed E-state index contributed by atoms with van der Waals surface area (Å²) < 4.78 is 5.95. The van der Waals surface area contributed by atoms with E-state index in [1.54, 1.807) is 6.07 Å². The van der Waals surface area contributed by atoms with Crippen molar-refractivity contribution in [3.8, 4) is 0 Å². The topological polar surface area (TPSA) is 84.5 Å². The molecule has 0 aromatic heterocycles. The van der Waals surface area contributed by atoms with Gasteiger partial charge < -0.3 is 15.4 Å². The van der Waals surface area contributed by atoms with Gasteiger partial charge in [0.05, 0.1) is 0 Å². The molecular weight excluding hydrogens is 448 g/mol. The zero-order chi connectivity index (χ0) is 22.1. The molecule has 0 saturated carbocycles. The number of halogens is 1. The summed E-state index contributed by atoms with van der Waals surface area (Å²) in [5, 5.41) is 5.61. The highest BCUT2D eigenvalue weighted by Crippen LogP contribution is 2.21. The number of esters is 1. The number of carbonyl (C=O) groups excluding carboxylic acids is 3. The molecule has 2 amide bonds. The van der Waals surface area contributed by atoms with Crippen molar-refractivity contribution in [3.05, 3.63) is 57.6 Å². The standard InChI is InChI=1S/C23H27BrN2O4/c1-4-17-13-18(24)10-11-19(17)25-22(28)14-30-23(29)7-5-6-21(27)26-20-12-15(2)8-9-16(20)3/h8-13H,4-7,14H2,1-3H3,(H,25,28)(H,26,27). The lowest BCUT2D eigenvalue weighted by molar-refractivity contribution is -0.147. The highest BCUT2D eigenvalue weighted by atomic mass is 79.9. The number of nitrogens with one attached hydrogen (secondary N) is 2. The number of hydrogen-bond donors (Lipinski definition) is 2. The molecule has 6 nitrogen and oxygen atoms in total. The monoisotopic (exact) mass is 474 g/mol. The van der Waals surface area contributed by atoms with Crippen molar-refractivity contribution in [2.24, 2.45) is 0 Å². The van der Waals surface area contributed by atoms with E-state index in [9.17, 15) is 14.4 Å². The van der Waals surface area contributed by atoms with Crippen LogP contribution in [-0.2, 0) is 25.5 Å². The maximum atomic E-state index is 12.1. The number of aryl methyl sites for hydroxylation is 3. The van der Waals surface area contributed by atoms with Crippen LogP contribution in [0, 0.1) is 13.8 Å². The molecule has 0 radical (unpaired) electrons. The molecule has 7 heteroatoms. The number of anilines is 2. The van der Waals surface area contributed by atoms with Gasteiger partial charge in [0, 0.05) is 28.7 Å². The Balaban J connectivity index is 1.70. The van der Waals surface area contributed by atoms with Crippen LogP contribution in [0.2, 0.25) is 0 Å². The van der Waals surface area contributed by atoms with Crippen LogP contribution in [0.15, 0.2) is 40.9 Å². The minimum atomic E-state index is -0.504. The summed E-state index contributed by atoms with van der Waals surface area (Å²) in [6, 6.07) is 11.4. The van der Waals surface area contributed by atoms with Gasteiger partial charge in [-0.1, -0.05) is 35.0 Å². The van der Waals surface area contributed by atoms with E-state index >= 15 is 0 Å². The third kappa shape index (κ3) is 7.63. The second-order valence-corrected chi connectivity index (χ2v) is 8.00. The van der Waals surface area contributed by atoms with Gasteiger partial charge in [0.2, 0.25) is 5.91 Å². The summed E-state index contributed by atoms with van der Waals surface area (Å²) in [4.78, 5) is 36.0. The first-order valence-corrected chi connectivity index (χ1v) is 10.7. The Labute approximate surface area is 185 Å². The zero-order valence-electron chi connectivity index (χ0n) is 17.5. The van der Waals surface area contributed by atoms with Crippen LogP contribution in [0.5, 0.6) is 0 Å². The van der Waals surface area contributed by atoms with Gasteiger partial charge in [-0.2, -0.15) is 0 Å². The highest BCUT2D eigenvalue weighted by molar-refractivity contribution is 9.10. The van der Waals surface area contributed by atoms with Gasteiger partial charge in [-0.15, -0.1) is 0 Å². The molecule has 0 saturated heterocycles. The van der Waals surface area contributed by atoms with Gasteiger partial charge in [-0.05, 0) is 67.6 Å². The van der Waals surface area contributed by atoms with Gasteiger partial charge >= 0.3 is 5.97 Å². The normalized spacial score (nSPS) is 10.4. The average Bonchev–Trinajstić information content (AvgIpc) is 2.70. The lowest BCUT2D eigenvalue weighted by Gasteiger charge is -2.11. The molecule has 160 valence electrons. The first-order valence-electron chi connectivity index (χ1n) is 9.89. The van der Waals surface area contributed by atoms with E-state index in [-0.39, 0.29) is 25.4 Å². The molecule has 0 heterocycles. The van der Waals surface area contributed by atoms with Crippen LogP contribution in [0.4, 0.5) is 11.4 Å². The summed E-state index contributed by atoms with van der Waals surface area (Å²) in [7, 11) is 0. The van der Waals surface area contributed by atoms with Crippen molar-refractivity contribution in [3.63, 3.8) is 0 Å². The van der Waals surface area contributed by atoms with Crippen molar-refractivity contribution >= 4 is 45.1 Å². The fourth-order valence-electron chi connectivity index (χ4n) is 2.86. The zero-order valence-corrected chi connectivity index (χ0v) is 19.1. The second-order valence-electron chi connectivity index (χ2n) is 7.08. The Kier molecular flexibility index (Phi) is 9.05. The molecule has 0 fully saturated rings. The number of ether oxygens (including phenoxy) is 1. The lowest BCUT2D eigenvalue weighted by atomic mass is 10.1. The molecule has 0 unspecified atom stereocenters. The van der Waals surface area contributed by atoms with E-state index in [4.69, 9.17) is 4.74 Å².